The van der Waals surface area contributed by atoms with Crippen molar-refractivity contribution in [3.63, 3.8) is 0 Å². The minimum atomic E-state index is -0.885. The van der Waals surface area contributed by atoms with Gasteiger partial charge in [-0.05, 0) is 32.4 Å². The average molecular weight is 262 g/mol. The summed E-state index contributed by atoms with van der Waals surface area (Å²) < 4.78 is 27.0. The number of carbonyl (C=O) groups excluding carboxylic acids is 1. The van der Waals surface area contributed by atoms with E-state index in [0.717, 1.165) is 6.07 Å². The molecule has 0 aliphatic carbocycles. The maximum Gasteiger partial charge on any atom is 0.231 e. The van der Waals surface area contributed by atoms with Crippen molar-refractivity contribution in [3.05, 3.63) is 29.3 Å². The van der Waals surface area contributed by atoms with Gasteiger partial charge in [0.05, 0.1) is 5.41 Å². The number of nitrogens with one attached hydrogen (secondary N) is 1. The largest absolute Gasteiger partial charge is 0.321 e. The molecule has 0 radical (unpaired) electrons. The zero-order valence-corrected chi connectivity index (χ0v) is 10.7. The van der Waals surface area contributed by atoms with Crippen molar-refractivity contribution in [2.24, 2.45) is 5.41 Å². The van der Waals surface area contributed by atoms with Crippen LogP contribution in [0.1, 0.15) is 19.4 Å². The molecule has 0 unspecified atom stereocenters. The highest BCUT2D eigenvalue weighted by molar-refractivity contribution is 6.20. The van der Waals surface area contributed by atoms with E-state index in [2.05, 4.69) is 5.32 Å². The number of halogens is 3. The summed E-state index contributed by atoms with van der Waals surface area (Å²) in [5.41, 5.74) is -1.04. The van der Waals surface area contributed by atoms with Gasteiger partial charge < -0.3 is 5.32 Å². The molecule has 0 heterocycles. The van der Waals surface area contributed by atoms with E-state index in [4.69, 9.17) is 11.6 Å². The second-order valence-corrected chi connectivity index (χ2v) is 4.79. The van der Waals surface area contributed by atoms with E-state index in [1.54, 1.807) is 13.8 Å². The first-order chi connectivity index (χ1) is 7.79. The highest BCUT2D eigenvalue weighted by Crippen LogP contribution is 2.25. The van der Waals surface area contributed by atoms with Gasteiger partial charge in [-0.15, -0.1) is 11.6 Å². The quantitative estimate of drug-likeness (QED) is 0.830. The molecule has 1 aromatic rings. The van der Waals surface area contributed by atoms with Gasteiger partial charge in [-0.25, -0.2) is 8.78 Å². The molecule has 1 amide bonds. The fourth-order valence-electron chi connectivity index (χ4n) is 1.11. The second kappa shape index (κ2) is 5.00. The van der Waals surface area contributed by atoms with Crippen LogP contribution in [0.4, 0.5) is 14.5 Å². The molecule has 1 N–H and O–H groups in total. The summed E-state index contributed by atoms with van der Waals surface area (Å²) in [5, 5.41) is 2.24. The molecule has 5 heteroatoms. The molecule has 0 saturated carbocycles. The van der Waals surface area contributed by atoms with Gasteiger partial charge in [-0.1, -0.05) is 6.07 Å². The number of aryl methyl sites for hydroxylation is 1. The Kier molecular flexibility index (Phi) is 4.09. The predicted molar refractivity (Wildman–Crippen MR) is 64.2 cm³/mol. The van der Waals surface area contributed by atoms with Crippen LogP contribution in [0.15, 0.2) is 12.1 Å². The van der Waals surface area contributed by atoms with E-state index in [1.807, 2.05) is 0 Å². The van der Waals surface area contributed by atoms with Crippen LogP contribution in [0.2, 0.25) is 0 Å². The number of amides is 1. The molecule has 17 heavy (non-hydrogen) atoms. The Labute approximate surface area is 104 Å². The zero-order chi connectivity index (χ0) is 13.2. The molecule has 2 nitrogen and oxygen atoms in total. The number of alkyl halides is 1. The lowest BCUT2D eigenvalue weighted by Gasteiger charge is -2.21. The van der Waals surface area contributed by atoms with Crippen LogP contribution in [0, 0.1) is 24.0 Å². The normalized spacial score (nSPS) is 11.4. The van der Waals surface area contributed by atoms with Crippen molar-refractivity contribution in [3.8, 4) is 0 Å². The Hall–Kier alpha value is -1.16. The molecular weight excluding hydrogens is 248 g/mol. The average Bonchev–Trinajstić information content (AvgIpc) is 2.29. The highest BCUT2D eigenvalue weighted by Gasteiger charge is 2.28. The molecule has 94 valence electrons. The molecule has 0 atom stereocenters. The van der Waals surface area contributed by atoms with E-state index in [-0.39, 0.29) is 11.4 Å². The lowest BCUT2D eigenvalue weighted by Crippen LogP contribution is -2.32. The van der Waals surface area contributed by atoms with Crippen LogP contribution >= 0.6 is 11.6 Å². The summed E-state index contributed by atoms with van der Waals surface area (Å²) in [7, 11) is 0. The van der Waals surface area contributed by atoms with Gasteiger partial charge in [0.25, 0.3) is 0 Å². The third-order valence-corrected chi connectivity index (χ3v) is 3.14. The number of hydrogen-bond acceptors (Lipinski definition) is 1. The van der Waals surface area contributed by atoms with Crippen LogP contribution in [-0.4, -0.2) is 11.8 Å². The smallest absolute Gasteiger partial charge is 0.231 e. The Morgan fingerprint density at radius 2 is 2.00 bits per heavy atom. The van der Waals surface area contributed by atoms with E-state index in [0.29, 0.717) is 0 Å². The molecule has 0 aromatic heterocycles. The summed E-state index contributed by atoms with van der Waals surface area (Å²) in [5.74, 6) is -2.01. The van der Waals surface area contributed by atoms with Crippen molar-refractivity contribution < 1.29 is 13.6 Å². The third-order valence-electron chi connectivity index (χ3n) is 2.47. The Morgan fingerprint density at radius 3 is 2.53 bits per heavy atom. The third kappa shape index (κ3) is 2.94. The number of anilines is 1. The first-order valence-electron chi connectivity index (χ1n) is 5.11. The van der Waals surface area contributed by atoms with E-state index in [9.17, 15) is 13.6 Å². The van der Waals surface area contributed by atoms with E-state index in [1.165, 1.54) is 13.0 Å². The van der Waals surface area contributed by atoms with Crippen molar-refractivity contribution in [1.29, 1.82) is 0 Å². The Morgan fingerprint density at radius 1 is 1.41 bits per heavy atom. The lowest BCUT2D eigenvalue weighted by molar-refractivity contribution is -0.123. The molecular formula is C12H14ClF2NO. The maximum absolute atomic E-state index is 13.6. The van der Waals surface area contributed by atoms with Crippen LogP contribution in [0.3, 0.4) is 0 Å². The molecule has 1 rings (SSSR count). The fraction of sp³-hybridized carbons (Fsp3) is 0.417. The van der Waals surface area contributed by atoms with E-state index >= 15 is 0 Å². The molecule has 0 aliphatic rings. The van der Waals surface area contributed by atoms with Gasteiger partial charge in [0, 0.05) is 5.88 Å². The number of benzene rings is 1. The van der Waals surface area contributed by atoms with Crippen LogP contribution in [0.25, 0.3) is 0 Å². The monoisotopic (exact) mass is 261 g/mol. The fourth-order valence-corrected chi connectivity index (χ4v) is 1.24. The van der Waals surface area contributed by atoms with Gasteiger partial charge in [0.2, 0.25) is 5.91 Å². The molecule has 0 spiro atoms. The van der Waals surface area contributed by atoms with Gasteiger partial charge in [-0.3, -0.25) is 4.79 Å². The number of hydrogen-bond donors (Lipinski definition) is 1. The summed E-state index contributed by atoms with van der Waals surface area (Å²) in [6.07, 6.45) is 0. The molecule has 1 aromatic carbocycles. The Balaban J connectivity index is 3.04. The van der Waals surface area contributed by atoms with Crippen LogP contribution in [0.5, 0.6) is 0 Å². The first-order valence-corrected chi connectivity index (χ1v) is 5.65. The molecule has 0 bridgehead atoms. The van der Waals surface area contributed by atoms with Crippen LogP contribution < -0.4 is 5.32 Å². The van der Waals surface area contributed by atoms with Crippen molar-refractivity contribution in [2.75, 3.05) is 11.2 Å². The lowest BCUT2D eigenvalue weighted by atomic mass is 9.95. The second-order valence-electron chi connectivity index (χ2n) is 4.52. The first kappa shape index (κ1) is 13.9. The topological polar surface area (TPSA) is 29.1 Å². The summed E-state index contributed by atoms with van der Waals surface area (Å²) >= 11 is 5.62. The maximum atomic E-state index is 13.6. The van der Waals surface area contributed by atoms with Crippen molar-refractivity contribution in [2.45, 2.75) is 20.8 Å². The van der Waals surface area contributed by atoms with Crippen molar-refractivity contribution in [1.82, 2.24) is 0 Å². The minimum absolute atomic E-state index is 0.0634. The minimum Gasteiger partial charge on any atom is -0.321 e. The van der Waals surface area contributed by atoms with E-state index < -0.39 is 28.6 Å². The summed E-state index contributed by atoms with van der Waals surface area (Å²) in [4.78, 5) is 11.8. The number of carbonyl (C=O) groups is 1. The van der Waals surface area contributed by atoms with Gasteiger partial charge in [0.1, 0.15) is 11.5 Å². The summed E-state index contributed by atoms with van der Waals surface area (Å²) in [6, 6.07) is 2.43. The Bertz CT molecular complexity index is 446. The van der Waals surface area contributed by atoms with Crippen molar-refractivity contribution >= 4 is 23.2 Å². The SMILES string of the molecule is Cc1ccc(F)c(NC(=O)C(C)(C)CCl)c1F. The van der Waals surface area contributed by atoms with Crippen LogP contribution in [-0.2, 0) is 4.79 Å². The standard InChI is InChI=1S/C12H14ClF2NO/c1-7-4-5-8(14)10(9(7)15)16-11(17)12(2,3)6-13/h4-5H,6H2,1-3H3,(H,16,17). The number of rotatable bonds is 3. The molecule has 0 saturated heterocycles. The molecule has 0 aliphatic heterocycles. The zero-order valence-electron chi connectivity index (χ0n) is 9.90. The van der Waals surface area contributed by atoms with Gasteiger partial charge in [-0.2, -0.15) is 0 Å². The predicted octanol–water partition coefficient (Wildman–Crippen LogP) is 3.48. The highest BCUT2D eigenvalue weighted by atomic mass is 35.5. The van der Waals surface area contributed by atoms with Gasteiger partial charge in [0.15, 0.2) is 5.82 Å². The van der Waals surface area contributed by atoms with Gasteiger partial charge >= 0.3 is 0 Å². The molecule has 0 fully saturated rings. The summed E-state index contributed by atoms with van der Waals surface area (Å²) in [6.45, 7) is 4.69.